The maximum absolute atomic E-state index is 14.9. The number of esters is 1. The zero-order valence-electron chi connectivity index (χ0n) is 22.1. The average Bonchev–Trinajstić information content (AvgIpc) is 3.76. The Bertz CT molecular complexity index is 1360. The van der Waals surface area contributed by atoms with Crippen LogP contribution < -0.4 is 9.47 Å². The molecule has 0 saturated heterocycles. The zero-order chi connectivity index (χ0) is 27.3. The molecule has 3 aromatic rings. The molecule has 0 amide bonds. The number of hydrogen-bond acceptors (Lipinski definition) is 5. The van der Waals surface area contributed by atoms with Gasteiger partial charge in [-0.3, -0.25) is 4.79 Å². The third kappa shape index (κ3) is 6.26. The molecular weight excluding hydrogens is 485 g/mol. The van der Waals surface area contributed by atoms with E-state index in [0.29, 0.717) is 40.5 Å². The first-order valence-electron chi connectivity index (χ1n) is 12.6. The van der Waals surface area contributed by atoms with Crippen molar-refractivity contribution in [1.82, 2.24) is 0 Å². The van der Waals surface area contributed by atoms with Crippen molar-refractivity contribution in [3.8, 4) is 22.6 Å². The Morgan fingerprint density at radius 3 is 2.55 bits per heavy atom. The van der Waals surface area contributed by atoms with Crippen molar-refractivity contribution in [1.29, 1.82) is 0 Å². The monoisotopic (exact) mass is 517 g/mol. The lowest BCUT2D eigenvalue weighted by Gasteiger charge is -2.24. The van der Waals surface area contributed by atoms with Crippen LogP contribution in [0.2, 0.25) is 0 Å². The SMILES string of the molecule is COC(=O)C[C@H](c1cccc(OCc2ccc(-c3cc(OC)ccc3F)c(C(C)(C)N=[N+]=[N-])c2)c1)C1CC1. The van der Waals surface area contributed by atoms with E-state index < -0.39 is 11.4 Å². The predicted molar refractivity (Wildman–Crippen MR) is 143 cm³/mol. The van der Waals surface area contributed by atoms with Crippen LogP contribution in [0.1, 0.15) is 55.7 Å². The fourth-order valence-corrected chi connectivity index (χ4v) is 4.75. The van der Waals surface area contributed by atoms with Gasteiger partial charge in [-0.15, -0.1) is 0 Å². The van der Waals surface area contributed by atoms with Gasteiger partial charge in [0.05, 0.1) is 26.2 Å². The number of nitrogens with zero attached hydrogens (tertiary/aromatic N) is 3. The summed E-state index contributed by atoms with van der Waals surface area (Å²) < 4.78 is 31.2. The van der Waals surface area contributed by atoms with Crippen molar-refractivity contribution < 1.29 is 23.4 Å². The molecule has 0 unspecified atom stereocenters. The average molecular weight is 518 g/mol. The van der Waals surface area contributed by atoms with Crippen molar-refractivity contribution in [3.05, 3.63) is 93.6 Å². The van der Waals surface area contributed by atoms with Gasteiger partial charge in [0.25, 0.3) is 0 Å². The summed E-state index contributed by atoms with van der Waals surface area (Å²) >= 11 is 0. The van der Waals surface area contributed by atoms with E-state index in [0.717, 1.165) is 24.0 Å². The molecule has 7 nitrogen and oxygen atoms in total. The molecule has 1 fully saturated rings. The molecule has 0 heterocycles. The lowest BCUT2D eigenvalue weighted by Crippen LogP contribution is -2.15. The maximum Gasteiger partial charge on any atom is 0.306 e. The maximum atomic E-state index is 14.9. The number of benzene rings is 3. The first-order valence-corrected chi connectivity index (χ1v) is 12.6. The lowest BCUT2D eigenvalue weighted by molar-refractivity contribution is -0.141. The van der Waals surface area contributed by atoms with Crippen molar-refractivity contribution >= 4 is 5.97 Å². The number of rotatable bonds is 11. The molecule has 0 bridgehead atoms. The van der Waals surface area contributed by atoms with Gasteiger partial charge in [-0.1, -0.05) is 49.3 Å². The highest BCUT2D eigenvalue weighted by Crippen LogP contribution is 2.45. The van der Waals surface area contributed by atoms with Gasteiger partial charge in [-0.05, 0) is 82.8 Å². The number of ether oxygens (including phenoxy) is 3. The minimum atomic E-state index is -0.944. The Morgan fingerprint density at radius 2 is 1.87 bits per heavy atom. The summed E-state index contributed by atoms with van der Waals surface area (Å²) in [4.78, 5) is 15.0. The number of carbonyl (C=O) groups excluding carboxylic acids is 1. The minimum absolute atomic E-state index is 0.110. The molecule has 198 valence electrons. The minimum Gasteiger partial charge on any atom is -0.497 e. The number of methoxy groups -OCH3 is 2. The van der Waals surface area contributed by atoms with Crippen molar-refractivity contribution in [3.63, 3.8) is 0 Å². The van der Waals surface area contributed by atoms with Gasteiger partial charge >= 0.3 is 5.97 Å². The van der Waals surface area contributed by atoms with Crippen LogP contribution in [0.25, 0.3) is 21.6 Å². The first kappa shape index (κ1) is 27.0. The Balaban J connectivity index is 1.62. The Hall–Kier alpha value is -4.03. The highest BCUT2D eigenvalue weighted by Gasteiger charge is 2.34. The van der Waals surface area contributed by atoms with Gasteiger partial charge in [0.2, 0.25) is 0 Å². The van der Waals surface area contributed by atoms with Crippen LogP contribution in [0, 0.1) is 11.7 Å². The lowest BCUT2D eigenvalue weighted by atomic mass is 9.86. The molecule has 1 aliphatic carbocycles. The van der Waals surface area contributed by atoms with Gasteiger partial charge in [-0.25, -0.2) is 4.39 Å². The molecule has 3 aromatic carbocycles. The third-order valence-electron chi connectivity index (χ3n) is 7.00. The van der Waals surface area contributed by atoms with E-state index in [4.69, 9.17) is 14.2 Å². The molecule has 38 heavy (non-hydrogen) atoms. The second-order valence-electron chi connectivity index (χ2n) is 10.1. The summed E-state index contributed by atoms with van der Waals surface area (Å²) in [5.74, 6) is 1.20. The molecule has 1 aliphatic rings. The van der Waals surface area contributed by atoms with E-state index in [1.807, 2.05) is 42.5 Å². The van der Waals surface area contributed by atoms with E-state index in [-0.39, 0.29) is 18.5 Å². The van der Waals surface area contributed by atoms with E-state index >= 15 is 0 Å². The number of azide groups is 1. The molecule has 1 saturated carbocycles. The fourth-order valence-electron chi connectivity index (χ4n) is 4.75. The largest absolute Gasteiger partial charge is 0.497 e. The molecule has 0 aromatic heterocycles. The van der Waals surface area contributed by atoms with Gasteiger partial charge in [0, 0.05) is 10.5 Å². The second-order valence-corrected chi connectivity index (χ2v) is 10.1. The Kier molecular flexibility index (Phi) is 8.23. The van der Waals surface area contributed by atoms with Crippen LogP contribution in [-0.4, -0.2) is 20.2 Å². The Morgan fingerprint density at radius 1 is 1.08 bits per heavy atom. The fraction of sp³-hybridized carbons (Fsp3) is 0.367. The molecule has 8 heteroatoms. The topological polar surface area (TPSA) is 93.5 Å². The summed E-state index contributed by atoms with van der Waals surface area (Å²) in [5, 5.41) is 3.98. The number of carbonyl (C=O) groups is 1. The molecule has 0 radical (unpaired) electrons. The molecular formula is C30H32FN3O4. The summed E-state index contributed by atoms with van der Waals surface area (Å²) in [7, 11) is 2.94. The van der Waals surface area contributed by atoms with E-state index in [1.54, 1.807) is 26.0 Å². The van der Waals surface area contributed by atoms with Crippen molar-refractivity contribution in [2.75, 3.05) is 14.2 Å². The molecule has 0 N–H and O–H groups in total. The number of hydrogen-bond donors (Lipinski definition) is 0. The van der Waals surface area contributed by atoms with Crippen LogP contribution >= 0.6 is 0 Å². The molecule has 0 aliphatic heterocycles. The van der Waals surface area contributed by atoms with Gasteiger partial charge in [0.1, 0.15) is 23.9 Å². The van der Waals surface area contributed by atoms with Gasteiger partial charge < -0.3 is 14.2 Å². The summed E-state index contributed by atoms with van der Waals surface area (Å²) in [6.07, 6.45) is 2.57. The van der Waals surface area contributed by atoms with Crippen LogP contribution in [-0.2, 0) is 21.7 Å². The van der Waals surface area contributed by atoms with Crippen LogP contribution in [0.4, 0.5) is 4.39 Å². The Labute approximate surface area is 222 Å². The van der Waals surface area contributed by atoms with E-state index in [1.165, 1.54) is 20.3 Å². The van der Waals surface area contributed by atoms with Crippen molar-refractivity contribution in [2.24, 2.45) is 11.0 Å². The summed E-state index contributed by atoms with van der Waals surface area (Å²) in [5.41, 5.74) is 11.8. The molecule has 0 spiro atoms. The first-order chi connectivity index (χ1) is 18.2. The summed E-state index contributed by atoms with van der Waals surface area (Å²) in [6, 6.07) is 18.0. The second kappa shape index (κ2) is 11.6. The predicted octanol–water partition coefficient (Wildman–Crippen LogP) is 7.68. The third-order valence-corrected chi connectivity index (χ3v) is 7.00. The highest BCUT2D eigenvalue weighted by atomic mass is 19.1. The standard InChI is InChI=1S/C30H32FN3O4/c1-30(2,33-34-32)27-14-19(8-12-24(27)26-16-22(36-3)11-13-28(26)31)18-38-23-7-5-6-21(15-23)25(20-9-10-20)17-29(35)37-4/h5-8,11-16,20,25H,9-10,17-18H2,1-4H3/t25-/m0/s1. The smallest absolute Gasteiger partial charge is 0.306 e. The highest BCUT2D eigenvalue weighted by molar-refractivity contribution is 5.71. The molecule has 1 atom stereocenters. The molecule has 4 rings (SSSR count). The number of halogens is 1. The van der Waals surface area contributed by atoms with Crippen molar-refractivity contribution in [2.45, 2.75) is 51.2 Å². The van der Waals surface area contributed by atoms with Crippen LogP contribution in [0.5, 0.6) is 11.5 Å². The van der Waals surface area contributed by atoms with E-state index in [9.17, 15) is 14.7 Å². The van der Waals surface area contributed by atoms with Crippen LogP contribution in [0.15, 0.2) is 65.8 Å². The quantitative estimate of drug-likeness (QED) is 0.113. The normalized spacial score (nSPS) is 13.8. The zero-order valence-corrected chi connectivity index (χ0v) is 22.1. The van der Waals surface area contributed by atoms with Gasteiger partial charge in [0.15, 0.2) is 0 Å². The van der Waals surface area contributed by atoms with E-state index in [2.05, 4.69) is 10.0 Å². The van der Waals surface area contributed by atoms with Crippen LogP contribution in [0.3, 0.4) is 0 Å². The summed E-state index contributed by atoms with van der Waals surface area (Å²) in [6.45, 7) is 3.84. The van der Waals surface area contributed by atoms with Gasteiger partial charge in [-0.2, -0.15) is 0 Å².